The quantitative estimate of drug-likeness (QED) is 0.806. The van der Waals surface area contributed by atoms with Gasteiger partial charge in [-0.15, -0.1) is 0 Å². The summed E-state index contributed by atoms with van der Waals surface area (Å²) >= 11 is 3.22. The molecule has 0 saturated heterocycles. The zero-order valence-corrected chi connectivity index (χ0v) is 9.12. The predicted molar refractivity (Wildman–Crippen MR) is 56.9 cm³/mol. The molecule has 1 aromatic rings. The summed E-state index contributed by atoms with van der Waals surface area (Å²) in [5.41, 5.74) is 0.649. The fraction of sp³-hybridized carbons (Fsp3) is 0.333. The number of nitrogens with one attached hydrogen (secondary N) is 1. The summed E-state index contributed by atoms with van der Waals surface area (Å²) in [5.74, 6) is -0.118. The van der Waals surface area contributed by atoms with E-state index < -0.39 is 0 Å². The second kappa shape index (κ2) is 5.72. The summed E-state index contributed by atoms with van der Waals surface area (Å²) in [6.45, 7) is 0.0294. The highest BCUT2D eigenvalue weighted by Crippen LogP contribution is 2.18. The number of hydrogen-bond acceptors (Lipinski definition) is 3. The van der Waals surface area contributed by atoms with Crippen LogP contribution in [0.15, 0.2) is 22.9 Å². The van der Waals surface area contributed by atoms with Crippen molar-refractivity contribution in [2.24, 2.45) is 0 Å². The third kappa shape index (κ3) is 3.43. The zero-order chi connectivity index (χ0) is 10.4. The van der Waals surface area contributed by atoms with E-state index in [-0.39, 0.29) is 12.5 Å². The van der Waals surface area contributed by atoms with Crippen LogP contribution in [0.3, 0.4) is 0 Å². The van der Waals surface area contributed by atoms with E-state index >= 15 is 0 Å². The van der Waals surface area contributed by atoms with Crippen molar-refractivity contribution < 1.29 is 9.90 Å². The van der Waals surface area contributed by atoms with Crippen LogP contribution in [0.25, 0.3) is 0 Å². The van der Waals surface area contributed by atoms with Gasteiger partial charge in [0.25, 0.3) is 0 Å². The average Bonchev–Trinajstić information content (AvgIpc) is 2.18. The summed E-state index contributed by atoms with van der Waals surface area (Å²) in [4.78, 5) is 15.2. The Hall–Kier alpha value is -0.940. The summed E-state index contributed by atoms with van der Waals surface area (Å²) < 4.78 is 0.609. The highest BCUT2D eigenvalue weighted by Gasteiger charge is 2.04. The number of rotatable bonds is 4. The number of halogens is 1. The normalized spacial score (nSPS) is 9.86. The Balaban J connectivity index is 2.52. The lowest BCUT2D eigenvalue weighted by Crippen LogP contribution is -2.12. The summed E-state index contributed by atoms with van der Waals surface area (Å²) in [5, 5.41) is 11.2. The Morgan fingerprint density at radius 3 is 3.07 bits per heavy atom. The van der Waals surface area contributed by atoms with Crippen LogP contribution in [0, 0.1) is 0 Å². The molecular formula is C9H11BrN2O2. The molecule has 1 aromatic heterocycles. The fourth-order valence-corrected chi connectivity index (χ4v) is 1.28. The van der Waals surface area contributed by atoms with Crippen molar-refractivity contribution in [3.63, 3.8) is 0 Å². The van der Waals surface area contributed by atoms with Crippen LogP contribution in [0.5, 0.6) is 0 Å². The maximum atomic E-state index is 11.3. The lowest BCUT2D eigenvalue weighted by molar-refractivity contribution is -0.116. The van der Waals surface area contributed by atoms with E-state index in [1.165, 1.54) is 0 Å². The number of carbonyl (C=O) groups is 1. The van der Waals surface area contributed by atoms with Crippen molar-refractivity contribution in [2.75, 3.05) is 11.9 Å². The van der Waals surface area contributed by atoms with Crippen molar-refractivity contribution >= 4 is 27.5 Å². The average molecular weight is 259 g/mol. The van der Waals surface area contributed by atoms with E-state index in [0.717, 1.165) is 0 Å². The fourth-order valence-electron chi connectivity index (χ4n) is 0.932. The number of anilines is 1. The number of nitrogens with zero attached hydrogens (tertiary/aromatic N) is 1. The van der Waals surface area contributed by atoms with Crippen molar-refractivity contribution in [1.82, 2.24) is 4.98 Å². The number of pyridine rings is 1. The van der Waals surface area contributed by atoms with Crippen LogP contribution < -0.4 is 5.32 Å². The third-order valence-corrected chi connectivity index (χ3v) is 2.23. The molecule has 0 atom stereocenters. The Labute approximate surface area is 90.5 Å². The molecule has 1 heterocycles. The van der Waals surface area contributed by atoms with E-state index in [2.05, 4.69) is 26.2 Å². The molecule has 0 aliphatic carbocycles. The molecule has 2 N–H and O–H groups in total. The molecule has 1 amide bonds. The van der Waals surface area contributed by atoms with Crippen molar-refractivity contribution in [1.29, 1.82) is 0 Å². The van der Waals surface area contributed by atoms with Gasteiger partial charge in [-0.2, -0.15) is 0 Å². The molecule has 0 spiro atoms. The number of amides is 1. The maximum Gasteiger partial charge on any atom is 0.224 e. The molecule has 0 saturated carbocycles. The van der Waals surface area contributed by atoms with Gasteiger partial charge in [-0.05, 0) is 34.5 Å². The van der Waals surface area contributed by atoms with Gasteiger partial charge in [0.15, 0.2) is 0 Å². The predicted octanol–water partition coefficient (Wildman–Crippen LogP) is 1.56. The van der Waals surface area contributed by atoms with Gasteiger partial charge < -0.3 is 10.4 Å². The molecule has 14 heavy (non-hydrogen) atoms. The van der Waals surface area contributed by atoms with E-state index in [4.69, 9.17) is 5.11 Å². The second-order valence-electron chi connectivity index (χ2n) is 2.72. The summed E-state index contributed by atoms with van der Waals surface area (Å²) in [6.07, 6.45) is 2.43. The van der Waals surface area contributed by atoms with Gasteiger partial charge in [0.2, 0.25) is 5.91 Å². The highest BCUT2D eigenvalue weighted by atomic mass is 79.9. The molecule has 76 valence electrons. The standard InChI is InChI=1S/C9H11BrN2O2/c10-9-7(3-1-5-11-9)12-8(14)4-2-6-13/h1,3,5,13H,2,4,6H2,(H,12,14). The molecule has 0 fully saturated rings. The number of aromatic nitrogens is 1. The van der Waals surface area contributed by atoms with Gasteiger partial charge in [0.05, 0.1) is 5.69 Å². The van der Waals surface area contributed by atoms with Gasteiger partial charge in [-0.25, -0.2) is 4.98 Å². The first-order valence-corrected chi connectivity index (χ1v) is 5.04. The van der Waals surface area contributed by atoms with Gasteiger partial charge >= 0.3 is 0 Å². The molecule has 1 rings (SSSR count). The van der Waals surface area contributed by atoms with Crippen LogP contribution in [-0.2, 0) is 4.79 Å². The third-order valence-electron chi connectivity index (χ3n) is 1.60. The van der Waals surface area contributed by atoms with Crippen LogP contribution in [0.1, 0.15) is 12.8 Å². The minimum absolute atomic E-state index is 0.0294. The van der Waals surface area contributed by atoms with Gasteiger partial charge in [-0.1, -0.05) is 0 Å². The molecule has 0 unspecified atom stereocenters. The largest absolute Gasteiger partial charge is 0.396 e. The SMILES string of the molecule is O=C(CCCO)Nc1cccnc1Br. The van der Waals surface area contributed by atoms with Crippen LogP contribution in [0.2, 0.25) is 0 Å². The molecule has 0 radical (unpaired) electrons. The smallest absolute Gasteiger partial charge is 0.224 e. The number of hydrogen-bond donors (Lipinski definition) is 2. The molecule has 5 heteroatoms. The molecule has 0 bridgehead atoms. The molecule has 0 aromatic carbocycles. The Morgan fingerprint density at radius 1 is 1.64 bits per heavy atom. The van der Waals surface area contributed by atoms with Crippen molar-refractivity contribution in [2.45, 2.75) is 12.8 Å². The van der Waals surface area contributed by atoms with Gasteiger partial charge in [0, 0.05) is 19.2 Å². The van der Waals surface area contributed by atoms with Crippen LogP contribution in [0.4, 0.5) is 5.69 Å². The first kappa shape index (κ1) is 11.1. The van der Waals surface area contributed by atoms with Gasteiger partial charge in [-0.3, -0.25) is 4.79 Å². The molecule has 0 aliphatic heterocycles. The van der Waals surface area contributed by atoms with E-state index in [9.17, 15) is 4.79 Å². The monoisotopic (exact) mass is 258 g/mol. The summed E-state index contributed by atoms with van der Waals surface area (Å²) in [6, 6.07) is 3.50. The van der Waals surface area contributed by atoms with E-state index in [1.54, 1.807) is 18.3 Å². The number of carbonyl (C=O) groups excluding carboxylic acids is 1. The number of aliphatic hydroxyl groups excluding tert-OH is 1. The van der Waals surface area contributed by atoms with E-state index in [1.807, 2.05) is 0 Å². The minimum atomic E-state index is -0.118. The maximum absolute atomic E-state index is 11.3. The van der Waals surface area contributed by atoms with Crippen molar-refractivity contribution in [3.8, 4) is 0 Å². The lowest BCUT2D eigenvalue weighted by Gasteiger charge is -2.05. The lowest BCUT2D eigenvalue weighted by atomic mass is 10.3. The molecule has 4 nitrogen and oxygen atoms in total. The Kier molecular flexibility index (Phi) is 4.55. The minimum Gasteiger partial charge on any atom is -0.396 e. The second-order valence-corrected chi connectivity index (χ2v) is 3.47. The van der Waals surface area contributed by atoms with Crippen LogP contribution in [-0.4, -0.2) is 22.6 Å². The molecular weight excluding hydrogens is 248 g/mol. The Morgan fingerprint density at radius 2 is 2.43 bits per heavy atom. The zero-order valence-electron chi connectivity index (χ0n) is 7.53. The first-order valence-electron chi connectivity index (χ1n) is 4.25. The van der Waals surface area contributed by atoms with Crippen molar-refractivity contribution in [3.05, 3.63) is 22.9 Å². The molecule has 0 aliphatic rings. The Bertz CT molecular complexity index is 317. The summed E-state index contributed by atoms with van der Waals surface area (Å²) in [7, 11) is 0. The first-order chi connectivity index (χ1) is 6.74. The van der Waals surface area contributed by atoms with Crippen LogP contribution >= 0.6 is 15.9 Å². The number of aliphatic hydroxyl groups is 1. The van der Waals surface area contributed by atoms with E-state index in [0.29, 0.717) is 23.1 Å². The highest BCUT2D eigenvalue weighted by molar-refractivity contribution is 9.10. The topological polar surface area (TPSA) is 62.2 Å². The van der Waals surface area contributed by atoms with Gasteiger partial charge in [0.1, 0.15) is 4.60 Å².